The number of fused-ring (bicyclic) bond motifs is 1. The van der Waals surface area contributed by atoms with Gasteiger partial charge in [-0.25, -0.2) is 9.78 Å². The standard InChI is InChI=1S/C22H29N5O2/c1-15-7-9-17(10-8-15)13-27-18(14-26-11-5-6-16(2)12-26)23-20-19(27)21(28)25(4)22(29)24(20)3/h7-10,16H,5-6,11-14H2,1-4H3/t16-/m0/s1. The number of likely N-dealkylation sites (tertiary alicyclic amines) is 1. The van der Waals surface area contributed by atoms with Crippen LogP contribution in [0.2, 0.25) is 0 Å². The minimum atomic E-state index is -0.347. The Morgan fingerprint density at radius 1 is 1.07 bits per heavy atom. The molecule has 1 aliphatic rings. The SMILES string of the molecule is Cc1ccc(Cn2c(CN3CCC[C@H](C)C3)nc3c2c(=O)n(C)c(=O)n3C)cc1. The molecule has 1 aromatic carbocycles. The smallest absolute Gasteiger partial charge is 0.317 e. The second-order valence-corrected chi connectivity index (χ2v) is 8.46. The lowest BCUT2D eigenvalue weighted by Crippen LogP contribution is -2.37. The molecular weight excluding hydrogens is 366 g/mol. The first-order valence-corrected chi connectivity index (χ1v) is 10.3. The maximum Gasteiger partial charge on any atom is 0.332 e. The van der Waals surface area contributed by atoms with Gasteiger partial charge in [-0.3, -0.25) is 18.8 Å². The molecule has 0 bridgehead atoms. The van der Waals surface area contributed by atoms with Crippen LogP contribution in [0.25, 0.3) is 11.2 Å². The number of benzene rings is 1. The molecule has 3 heterocycles. The average molecular weight is 396 g/mol. The van der Waals surface area contributed by atoms with Gasteiger partial charge >= 0.3 is 5.69 Å². The quantitative estimate of drug-likeness (QED) is 0.678. The van der Waals surface area contributed by atoms with E-state index >= 15 is 0 Å². The summed E-state index contributed by atoms with van der Waals surface area (Å²) in [6.07, 6.45) is 2.44. The summed E-state index contributed by atoms with van der Waals surface area (Å²) in [6.45, 7) is 7.65. The lowest BCUT2D eigenvalue weighted by atomic mass is 10.0. The van der Waals surface area contributed by atoms with E-state index in [1.165, 1.54) is 34.6 Å². The third-order valence-corrected chi connectivity index (χ3v) is 5.99. The van der Waals surface area contributed by atoms with Crippen LogP contribution in [0.15, 0.2) is 33.9 Å². The second kappa shape index (κ2) is 7.63. The molecule has 29 heavy (non-hydrogen) atoms. The van der Waals surface area contributed by atoms with Crippen molar-refractivity contribution in [2.24, 2.45) is 20.0 Å². The molecule has 0 unspecified atom stereocenters. The van der Waals surface area contributed by atoms with Gasteiger partial charge in [0.05, 0.1) is 6.54 Å². The summed E-state index contributed by atoms with van der Waals surface area (Å²) in [5.74, 6) is 1.50. The van der Waals surface area contributed by atoms with Crippen LogP contribution in [0.1, 0.15) is 36.7 Å². The number of nitrogens with zero attached hydrogens (tertiary/aromatic N) is 5. The van der Waals surface area contributed by atoms with Crippen molar-refractivity contribution in [1.82, 2.24) is 23.6 Å². The van der Waals surface area contributed by atoms with E-state index in [1.807, 2.05) is 4.57 Å². The zero-order valence-corrected chi connectivity index (χ0v) is 17.7. The van der Waals surface area contributed by atoms with E-state index in [1.54, 1.807) is 7.05 Å². The molecule has 7 heteroatoms. The van der Waals surface area contributed by atoms with Gasteiger partial charge in [0.15, 0.2) is 11.2 Å². The van der Waals surface area contributed by atoms with E-state index in [4.69, 9.17) is 4.98 Å². The van der Waals surface area contributed by atoms with Crippen molar-refractivity contribution < 1.29 is 0 Å². The summed E-state index contributed by atoms with van der Waals surface area (Å²) in [4.78, 5) is 32.6. The van der Waals surface area contributed by atoms with Crippen molar-refractivity contribution in [3.05, 3.63) is 62.1 Å². The Morgan fingerprint density at radius 2 is 1.79 bits per heavy atom. The highest BCUT2D eigenvalue weighted by Crippen LogP contribution is 2.20. The molecule has 2 aromatic heterocycles. The first-order chi connectivity index (χ1) is 13.8. The largest absolute Gasteiger partial charge is 0.332 e. The Hall–Kier alpha value is -2.67. The van der Waals surface area contributed by atoms with Gasteiger partial charge in [-0.1, -0.05) is 36.8 Å². The average Bonchev–Trinajstić information content (AvgIpc) is 3.04. The minimum Gasteiger partial charge on any atom is -0.317 e. The predicted molar refractivity (Wildman–Crippen MR) is 114 cm³/mol. The fraction of sp³-hybridized carbons (Fsp3) is 0.500. The van der Waals surface area contributed by atoms with Crippen LogP contribution in [-0.4, -0.2) is 36.7 Å². The normalized spacial score (nSPS) is 17.9. The topological polar surface area (TPSA) is 65.1 Å². The second-order valence-electron chi connectivity index (χ2n) is 8.46. The summed E-state index contributed by atoms with van der Waals surface area (Å²) in [6, 6.07) is 8.32. The van der Waals surface area contributed by atoms with E-state index in [9.17, 15) is 9.59 Å². The van der Waals surface area contributed by atoms with Crippen LogP contribution in [-0.2, 0) is 27.2 Å². The zero-order chi connectivity index (χ0) is 20.7. The van der Waals surface area contributed by atoms with Crippen LogP contribution in [0.3, 0.4) is 0 Å². The van der Waals surface area contributed by atoms with E-state index in [-0.39, 0.29) is 11.2 Å². The fourth-order valence-electron chi connectivity index (χ4n) is 4.29. The van der Waals surface area contributed by atoms with E-state index < -0.39 is 0 Å². The fourth-order valence-corrected chi connectivity index (χ4v) is 4.29. The zero-order valence-electron chi connectivity index (χ0n) is 17.7. The van der Waals surface area contributed by atoms with Gasteiger partial charge in [0.25, 0.3) is 5.56 Å². The van der Waals surface area contributed by atoms with Crippen molar-refractivity contribution in [2.45, 2.75) is 39.8 Å². The van der Waals surface area contributed by atoms with Crippen LogP contribution in [0.5, 0.6) is 0 Å². The Balaban J connectivity index is 1.85. The Bertz CT molecular complexity index is 1150. The van der Waals surface area contributed by atoms with Gasteiger partial charge in [-0.05, 0) is 37.8 Å². The number of imidazole rings is 1. The number of aryl methyl sites for hydroxylation is 2. The first-order valence-electron chi connectivity index (χ1n) is 10.3. The molecule has 0 N–H and O–H groups in total. The van der Waals surface area contributed by atoms with Gasteiger partial charge in [0.1, 0.15) is 5.82 Å². The lowest BCUT2D eigenvalue weighted by Gasteiger charge is -2.30. The van der Waals surface area contributed by atoms with E-state index in [2.05, 4.69) is 43.0 Å². The first kappa shape index (κ1) is 19.6. The van der Waals surface area contributed by atoms with Gasteiger partial charge in [0, 0.05) is 27.2 Å². The molecule has 1 saturated heterocycles. The van der Waals surface area contributed by atoms with Crippen molar-refractivity contribution in [2.75, 3.05) is 13.1 Å². The molecule has 1 atom stereocenters. The third-order valence-electron chi connectivity index (χ3n) is 5.99. The third kappa shape index (κ3) is 3.67. The Morgan fingerprint density at radius 3 is 2.48 bits per heavy atom. The van der Waals surface area contributed by atoms with Crippen molar-refractivity contribution in [3.8, 4) is 0 Å². The highest BCUT2D eigenvalue weighted by Gasteiger charge is 2.23. The number of piperidine rings is 1. The predicted octanol–water partition coefficient (Wildman–Crippen LogP) is 2.02. The number of hydrogen-bond donors (Lipinski definition) is 0. The monoisotopic (exact) mass is 395 g/mol. The van der Waals surface area contributed by atoms with Crippen LogP contribution < -0.4 is 11.2 Å². The molecule has 3 aromatic rings. The number of aromatic nitrogens is 4. The van der Waals surface area contributed by atoms with E-state index in [0.717, 1.165) is 24.5 Å². The molecule has 4 rings (SSSR count). The van der Waals surface area contributed by atoms with Crippen molar-refractivity contribution >= 4 is 11.2 Å². The number of hydrogen-bond acceptors (Lipinski definition) is 4. The highest BCUT2D eigenvalue weighted by atomic mass is 16.2. The van der Waals surface area contributed by atoms with Gasteiger partial charge < -0.3 is 4.57 Å². The van der Waals surface area contributed by atoms with Crippen LogP contribution >= 0.6 is 0 Å². The number of rotatable bonds is 4. The molecular formula is C22H29N5O2. The highest BCUT2D eigenvalue weighted by molar-refractivity contribution is 5.71. The van der Waals surface area contributed by atoms with Crippen LogP contribution in [0.4, 0.5) is 0 Å². The molecule has 0 spiro atoms. The molecule has 0 radical (unpaired) electrons. The van der Waals surface area contributed by atoms with Gasteiger partial charge in [-0.15, -0.1) is 0 Å². The van der Waals surface area contributed by atoms with Crippen molar-refractivity contribution in [3.63, 3.8) is 0 Å². The lowest BCUT2D eigenvalue weighted by molar-refractivity contribution is 0.171. The summed E-state index contributed by atoms with van der Waals surface area (Å²) in [5.41, 5.74) is 2.63. The molecule has 1 aliphatic heterocycles. The molecule has 154 valence electrons. The summed E-state index contributed by atoms with van der Waals surface area (Å²) in [7, 11) is 3.21. The molecule has 0 saturated carbocycles. The molecule has 7 nitrogen and oxygen atoms in total. The Labute approximate surface area is 170 Å². The van der Waals surface area contributed by atoms with E-state index in [0.29, 0.717) is 30.2 Å². The minimum absolute atomic E-state index is 0.291. The van der Waals surface area contributed by atoms with Gasteiger partial charge in [-0.2, -0.15) is 0 Å². The van der Waals surface area contributed by atoms with Crippen LogP contribution in [0, 0.1) is 12.8 Å². The molecule has 1 fully saturated rings. The summed E-state index contributed by atoms with van der Waals surface area (Å²) < 4.78 is 4.65. The maximum absolute atomic E-state index is 13.0. The van der Waals surface area contributed by atoms with Gasteiger partial charge in [0.2, 0.25) is 0 Å². The van der Waals surface area contributed by atoms with Crippen molar-refractivity contribution in [1.29, 1.82) is 0 Å². The summed E-state index contributed by atoms with van der Waals surface area (Å²) >= 11 is 0. The Kier molecular flexibility index (Phi) is 5.17. The summed E-state index contributed by atoms with van der Waals surface area (Å²) in [5, 5.41) is 0. The molecule has 0 amide bonds. The molecule has 0 aliphatic carbocycles. The maximum atomic E-state index is 13.0.